The van der Waals surface area contributed by atoms with E-state index in [0.717, 1.165) is 15.2 Å². The first-order valence-corrected chi connectivity index (χ1v) is 6.57. The van der Waals surface area contributed by atoms with Crippen molar-refractivity contribution < 1.29 is 4.79 Å². The van der Waals surface area contributed by atoms with Crippen molar-refractivity contribution in [2.24, 2.45) is 7.05 Å². The average molecular weight is 299 g/mol. The molecule has 16 heavy (non-hydrogen) atoms. The van der Waals surface area contributed by atoms with Gasteiger partial charge in [0.05, 0.1) is 4.88 Å². The first kappa shape index (κ1) is 11.5. The summed E-state index contributed by atoms with van der Waals surface area (Å²) in [5.74, 6) is 1.13. The van der Waals surface area contributed by atoms with E-state index in [9.17, 15) is 4.79 Å². The highest BCUT2D eigenvalue weighted by Crippen LogP contribution is 2.21. The number of thiophene rings is 1. The van der Waals surface area contributed by atoms with Crippen LogP contribution in [0, 0.1) is 0 Å². The van der Waals surface area contributed by atoms with Gasteiger partial charge >= 0.3 is 0 Å². The van der Waals surface area contributed by atoms with Gasteiger partial charge in [0.15, 0.2) is 5.78 Å². The molecule has 2 rings (SSSR count). The number of imidazole rings is 1. The van der Waals surface area contributed by atoms with E-state index >= 15 is 0 Å². The number of aryl methyl sites for hydroxylation is 2. The second-order valence-corrected chi connectivity index (χ2v) is 5.33. The van der Waals surface area contributed by atoms with Crippen molar-refractivity contribution in [3.05, 3.63) is 39.0 Å². The molecule has 84 valence electrons. The van der Waals surface area contributed by atoms with E-state index in [1.165, 1.54) is 11.3 Å². The predicted octanol–water partition coefficient (Wildman–Crippen LogP) is 3.06. The summed E-state index contributed by atoms with van der Waals surface area (Å²) in [5.41, 5.74) is 0. The third kappa shape index (κ3) is 2.59. The van der Waals surface area contributed by atoms with Crippen molar-refractivity contribution in [2.45, 2.75) is 12.8 Å². The van der Waals surface area contributed by atoms with Gasteiger partial charge in [0, 0.05) is 42.1 Å². The molecule has 0 bridgehead atoms. The maximum absolute atomic E-state index is 11.8. The molecule has 0 fully saturated rings. The summed E-state index contributed by atoms with van der Waals surface area (Å²) >= 11 is 4.82. The molecule has 0 aliphatic carbocycles. The zero-order valence-corrected chi connectivity index (χ0v) is 11.2. The van der Waals surface area contributed by atoms with E-state index in [1.807, 2.05) is 29.3 Å². The highest BCUT2D eigenvalue weighted by molar-refractivity contribution is 9.10. The average Bonchev–Trinajstić information content (AvgIpc) is 2.84. The highest BCUT2D eigenvalue weighted by Gasteiger charge is 2.10. The molecule has 0 aliphatic heterocycles. The third-order valence-corrected chi connectivity index (χ3v) is 4.07. The second-order valence-electron chi connectivity index (χ2n) is 3.51. The Labute approximate surface area is 106 Å². The molecule has 0 amide bonds. The maximum atomic E-state index is 11.8. The van der Waals surface area contributed by atoms with Gasteiger partial charge in [0.2, 0.25) is 0 Å². The summed E-state index contributed by atoms with van der Waals surface area (Å²) in [7, 11) is 1.94. The quantitative estimate of drug-likeness (QED) is 0.813. The molecule has 2 aromatic heterocycles. The molecule has 0 spiro atoms. The minimum atomic E-state index is 0.179. The van der Waals surface area contributed by atoms with E-state index in [0.29, 0.717) is 12.8 Å². The molecule has 0 aliphatic rings. The standard InChI is InChI=1S/C11H11BrN2OS/c1-14-5-4-13-11(14)3-2-9(15)10-6-8(12)7-16-10/h4-7H,2-3H2,1H3. The van der Waals surface area contributed by atoms with Crippen LogP contribution in [0.25, 0.3) is 0 Å². The normalized spacial score (nSPS) is 10.6. The van der Waals surface area contributed by atoms with Crippen LogP contribution in [0.15, 0.2) is 28.3 Å². The number of carbonyl (C=O) groups is 1. The lowest BCUT2D eigenvalue weighted by Crippen LogP contribution is -2.03. The van der Waals surface area contributed by atoms with E-state index in [-0.39, 0.29) is 5.78 Å². The van der Waals surface area contributed by atoms with Crippen LogP contribution in [0.5, 0.6) is 0 Å². The van der Waals surface area contributed by atoms with Crippen LogP contribution in [0.4, 0.5) is 0 Å². The molecule has 0 atom stereocenters. The number of halogens is 1. The van der Waals surface area contributed by atoms with Crippen LogP contribution >= 0.6 is 27.3 Å². The Morgan fingerprint density at radius 1 is 1.62 bits per heavy atom. The second kappa shape index (κ2) is 4.93. The Bertz CT molecular complexity index is 504. The molecule has 5 heteroatoms. The number of ketones is 1. The summed E-state index contributed by atoms with van der Waals surface area (Å²) in [6, 6.07) is 1.87. The van der Waals surface area contributed by atoms with E-state index < -0.39 is 0 Å². The topological polar surface area (TPSA) is 34.9 Å². The van der Waals surface area contributed by atoms with Crippen LogP contribution in [0.2, 0.25) is 0 Å². The van der Waals surface area contributed by atoms with Gasteiger partial charge in [-0.1, -0.05) is 0 Å². The monoisotopic (exact) mass is 298 g/mol. The number of nitrogens with zero attached hydrogens (tertiary/aromatic N) is 2. The molecule has 3 nitrogen and oxygen atoms in total. The smallest absolute Gasteiger partial charge is 0.173 e. The maximum Gasteiger partial charge on any atom is 0.173 e. The molecule has 0 N–H and O–H groups in total. The van der Waals surface area contributed by atoms with Crippen molar-refractivity contribution in [1.82, 2.24) is 9.55 Å². The van der Waals surface area contributed by atoms with Gasteiger partial charge in [-0.25, -0.2) is 4.98 Å². The van der Waals surface area contributed by atoms with Gasteiger partial charge in [0.25, 0.3) is 0 Å². The Morgan fingerprint density at radius 2 is 2.44 bits per heavy atom. The van der Waals surface area contributed by atoms with E-state index in [4.69, 9.17) is 0 Å². The molecular weight excluding hydrogens is 288 g/mol. The van der Waals surface area contributed by atoms with E-state index in [2.05, 4.69) is 20.9 Å². The lowest BCUT2D eigenvalue weighted by molar-refractivity contribution is 0.0986. The summed E-state index contributed by atoms with van der Waals surface area (Å²) in [6.45, 7) is 0. The van der Waals surface area contributed by atoms with Crippen LogP contribution in [-0.4, -0.2) is 15.3 Å². The molecule has 0 unspecified atom stereocenters. The fourth-order valence-electron chi connectivity index (χ4n) is 1.45. The van der Waals surface area contributed by atoms with Crippen molar-refractivity contribution in [3.63, 3.8) is 0 Å². The first-order valence-electron chi connectivity index (χ1n) is 4.90. The fraction of sp³-hybridized carbons (Fsp3) is 0.273. The summed E-state index contributed by atoms with van der Waals surface area (Å²) < 4.78 is 2.91. The number of hydrogen-bond donors (Lipinski definition) is 0. The highest BCUT2D eigenvalue weighted by atomic mass is 79.9. The van der Waals surface area contributed by atoms with Crippen LogP contribution in [0.3, 0.4) is 0 Å². The molecule has 0 saturated carbocycles. The van der Waals surface area contributed by atoms with Gasteiger partial charge in [0.1, 0.15) is 5.82 Å². The van der Waals surface area contributed by atoms with Crippen molar-refractivity contribution in [3.8, 4) is 0 Å². The molecule has 0 aromatic carbocycles. The SMILES string of the molecule is Cn1ccnc1CCC(=O)c1cc(Br)cs1. The van der Waals surface area contributed by atoms with E-state index in [1.54, 1.807) is 6.20 Å². The Balaban J connectivity index is 1.96. The first-order chi connectivity index (χ1) is 7.66. The van der Waals surface area contributed by atoms with Crippen LogP contribution in [0.1, 0.15) is 21.9 Å². The molecule has 2 heterocycles. The Morgan fingerprint density at radius 3 is 3.00 bits per heavy atom. The Hall–Kier alpha value is -0.940. The van der Waals surface area contributed by atoms with Gasteiger partial charge in [-0.05, 0) is 22.0 Å². The summed E-state index contributed by atoms with van der Waals surface area (Å²) in [4.78, 5) is 16.8. The predicted molar refractivity (Wildman–Crippen MR) is 67.9 cm³/mol. The summed E-state index contributed by atoms with van der Waals surface area (Å²) in [5, 5.41) is 1.92. The summed E-state index contributed by atoms with van der Waals surface area (Å²) in [6.07, 6.45) is 4.85. The molecule has 0 saturated heterocycles. The minimum absolute atomic E-state index is 0.179. The lowest BCUT2D eigenvalue weighted by Gasteiger charge is -1.99. The number of carbonyl (C=O) groups excluding carboxylic acids is 1. The fourth-order valence-corrected chi connectivity index (χ4v) is 2.84. The number of Topliss-reactive ketones (excluding diaryl/α,β-unsaturated/α-hetero) is 1. The molecular formula is C11H11BrN2OS. The van der Waals surface area contributed by atoms with Crippen molar-refractivity contribution in [2.75, 3.05) is 0 Å². The van der Waals surface area contributed by atoms with Crippen LogP contribution < -0.4 is 0 Å². The van der Waals surface area contributed by atoms with Gasteiger partial charge < -0.3 is 4.57 Å². The van der Waals surface area contributed by atoms with Crippen LogP contribution in [-0.2, 0) is 13.5 Å². The van der Waals surface area contributed by atoms with Crippen molar-refractivity contribution >= 4 is 33.0 Å². The van der Waals surface area contributed by atoms with Gasteiger partial charge in [-0.2, -0.15) is 0 Å². The third-order valence-electron chi connectivity index (χ3n) is 2.34. The minimum Gasteiger partial charge on any atom is -0.338 e. The molecule has 2 aromatic rings. The largest absolute Gasteiger partial charge is 0.338 e. The number of hydrogen-bond acceptors (Lipinski definition) is 3. The molecule has 0 radical (unpaired) electrons. The number of aromatic nitrogens is 2. The Kier molecular flexibility index (Phi) is 3.56. The lowest BCUT2D eigenvalue weighted by atomic mass is 10.2. The number of rotatable bonds is 4. The van der Waals surface area contributed by atoms with Gasteiger partial charge in [-0.3, -0.25) is 4.79 Å². The van der Waals surface area contributed by atoms with Crippen molar-refractivity contribution in [1.29, 1.82) is 0 Å². The zero-order valence-electron chi connectivity index (χ0n) is 8.81. The zero-order chi connectivity index (χ0) is 11.5. The van der Waals surface area contributed by atoms with Gasteiger partial charge in [-0.15, -0.1) is 11.3 Å².